The third kappa shape index (κ3) is 6.79. The van der Waals surface area contributed by atoms with E-state index in [1.807, 2.05) is 0 Å². The first kappa shape index (κ1) is 25.2. The zero-order chi connectivity index (χ0) is 25.4. The van der Waals surface area contributed by atoms with Gasteiger partial charge in [0.1, 0.15) is 11.4 Å². The molecule has 0 saturated heterocycles. The monoisotopic (exact) mass is 487 g/mol. The van der Waals surface area contributed by atoms with Crippen LogP contribution in [0.25, 0.3) is 0 Å². The van der Waals surface area contributed by atoms with Gasteiger partial charge >= 0.3 is 18.1 Å². The molecule has 11 heteroatoms. The molecule has 35 heavy (non-hydrogen) atoms. The quantitative estimate of drug-likeness (QED) is 0.439. The van der Waals surface area contributed by atoms with E-state index in [-0.39, 0.29) is 34.9 Å². The molecule has 1 aromatic heterocycles. The number of anilines is 3. The zero-order valence-corrected chi connectivity index (χ0v) is 18.4. The van der Waals surface area contributed by atoms with Crippen molar-refractivity contribution in [1.29, 1.82) is 0 Å². The van der Waals surface area contributed by atoms with Gasteiger partial charge in [0.25, 0.3) is 5.91 Å². The molecule has 0 radical (unpaired) electrons. The fourth-order valence-electron chi connectivity index (χ4n) is 2.95. The van der Waals surface area contributed by atoms with Crippen LogP contribution in [0.3, 0.4) is 0 Å². The Morgan fingerprint density at radius 3 is 2.37 bits per heavy atom. The average molecular weight is 487 g/mol. The van der Waals surface area contributed by atoms with E-state index in [4.69, 9.17) is 9.47 Å². The number of benzene rings is 2. The van der Waals surface area contributed by atoms with Crippen molar-refractivity contribution in [2.45, 2.75) is 13.1 Å². The molecule has 0 unspecified atom stereocenters. The lowest BCUT2D eigenvalue weighted by atomic mass is 10.2. The summed E-state index contributed by atoms with van der Waals surface area (Å²) in [6, 6.07) is 13.3. The van der Waals surface area contributed by atoms with Gasteiger partial charge in [0.05, 0.1) is 23.4 Å². The average Bonchev–Trinajstić information content (AvgIpc) is 2.83. The van der Waals surface area contributed by atoms with Crippen molar-refractivity contribution in [3.8, 4) is 0 Å². The Kier molecular flexibility index (Phi) is 8.03. The van der Waals surface area contributed by atoms with Crippen LogP contribution >= 0.6 is 0 Å². The van der Waals surface area contributed by atoms with Crippen molar-refractivity contribution < 1.29 is 37.0 Å². The molecule has 3 rings (SSSR count). The number of nitrogens with zero attached hydrogens (tertiary/aromatic N) is 1. The van der Waals surface area contributed by atoms with Gasteiger partial charge in [-0.25, -0.2) is 14.6 Å². The fourth-order valence-corrected chi connectivity index (χ4v) is 2.95. The molecule has 182 valence electrons. The van der Waals surface area contributed by atoms with Gasteiger partial charge in [-0.1, -0.05) is 18.2 Å². The Morgan fingerprint density at radius 1 is 0.914 bits per heavy atom. The third-order valence-electron chi connectivity index (χ3n) is 4.51. The van der Waals surface area contributed by atoms with Crippen LogP contribution in [-0.2, 0) is 20.4 Å². The predicted molar refractivity (Wildman–Crippen MR) is 120 cm³/mol. The van der Waals surface area contributed by atoms with Crippen molar-refractivity contribution in [1.82, 2.24) is 4.98 Å². The maximum atomic E-state index is 13.0. The lowest BCUT2D eigenvalue weighted by Gasteiger charge is -2.13. The minimum Gasteiger partial charge on any atom is -0.462 e. The third-order valence-corrected chi connectivity index (χ3v) is 4.51. The molecule has 0 fully saturated rings. The first-order chi connectivity index (χ1) is 16.7. The van der Waals surface area contributed by atoms with Crippen molar-refractivity contribution >= 4 is 35.0 Å². The molecule has 0 atom stereocenters. The maximum Gasteiger partial charge on any atom is 0.416 e. The fraction of sp³-hybridized carbons (Fsp3) is 0.167. The SMILES string of the molecule is CCOC(=O)c1ccccc1NC(=O)COC(=O)c1cccnc1Nc1cccc(C(F)(F)F)c1. The van der Waals surface area contributed by atoms with Gasteiger partial charge in [-0.2, -0.15) is 13.2 Å². The van der Waals surface area contributed by atoms with Gasteiger partial charge < -0.3 is 20.1 Å². The number of rotatable bonds is 8. The van der Waals surface area contributed by atoms with E-state index >= 15 is 0 Å². The minimum absolute atomic E-state index is 0.0510. The highest BCUT2D eigenvalue weighted by Crippen LogP contribution is 2.31. The molecule has 0 bridgehead atoms. The number of hydrogen-bond acceptors (Lipinski definition) is 7. The normalized spacial score (nSPS) is 10.9. The van der Waals surface area contributed by atoms with Gasteiger partial charge in [0.15, 0.2) is 6.61 Å². The molecule has 0 spiro atoms. The number of ether oxygens (including phenoxy) is 2. The topological polar surface area (TPSA) is 107 Å². The largest absolute Gasteiger partial charge is 0.462 e. The number of alkyl halides is 3. The van der Waals surface area contributed by atoms with E-state index in [9.17, 15) is 27.6 Å². The maximum absolute atomic E-state index is 13.0. The standard InChI is InChI=1S/C24H20F3N3O5/c1-2-34-22(32)17-9-3-4-11-19(17)30-20(31)14-35-23(33)18-10-6-12-28-21(18)29-16-8-5-7-15(13-16)24(25,26)27/h3-13H,2,14H2,1H3,(H,28,29)(H,30,31). The molecule has 2 aromatic carbocycles. The van der Waals surface area contributed by atoms with E-state index in [1.54, 1.807) is 19.1 Å². The molecule has 0 aliphatic carbocycles. The second-order valence-electron chi connectivity index (χ2n) is 6.99. The lowest BCUT2D eigenvalue weighted by molar-refractivity contribution is -0.137. The number of pyridine rings is 1. The van der Waals surface area contributed by atoms with E-state index < -0.39 is 36.2 Å². The number of nitrogens with one attached hydrogen (secondary N) is 2. The van der Waals surface area contributed by atoms with Crippen LogP contribution in [0.1, 0.15) is 33.2 Å². The van der Waals surface area contributed by atoms with Crippen LogP contribution in [0.15, 0.2) is 66.9 Å². The van der Waals surface area contributed by atoms with Crippen LogP contribution in [-0.4, -0.2) is 36.0 Å². The van der Waals surface area contributed by atoms with Gasteiger partial charge in [-0.3, -0.25) is 4.79 Å². The van der Waals surface area contributed by atoms with Crippen molar-refractivity contribution in [2.75, 3.05) is 23.8 Å². The molecule has 0 aliphatic rings. The minimum atomic E-state index is -4.54. The molecule has 1 heterocycles. The Balaban J connectivity index is 1.67. The predicted octanol–water partition coefficient (Wildman–Crippen LogP) is 4.82. The van der Waals surface area contributed by atoms with Crippen LogP contribution in [0.4, 0.5) is 30.4 Å². The zero-order valence-electron chi connectivity index (χ0n) is 18.4. The molecule has 3 aromatic rings. The highest BCUT2D eigenvalue weighted by molar-refractivity contribution is 6.02. The van der Waals surface area contributed by atoms with Crippen molar-refractivity contribution in [3.63, 3.8) is 0 Å². The Labute approximate surface area is 198 Å². The number of aromatic nitrogens is 1. The number of halogens is 3. The van der Waals surface area contributed by atoms with Crippen molar-refractivity contribution in [2.24, 2.45) is 0 Å². The summed E-state index contributed by atoms with van der Waals surface area (Å²) in [5.74, 6) is -2.32. The number of para-hydroxylation sites is 1. The summed E-state index contributed by atoms with van der Waals surface area (Å²) in [5.41, 5.74) is -0.595. The van der Waals surface area contributed by atoms with Gasteiger partial charge in [0.2, 0.25) is 0 Å². The summed E-state index contributed by atoms with van der Waals surface area (Å²) in [4.78, 5) is 40.9. The summed E-state index contributed by atoms with van der Waals surface area (Å²) in [5, 5.41) is 5.14. The van der Waals surface area contributed by atoms with E-state index in [0.29, 0.717) is 0 Å². The van der Waals surface area contributed by atoms with Gasteiger partial charge in [-0.05, 0) is 49.4 Å². The second kappa shape index (κ2) is 11.1. The molecular formula is C24H20F3N3O5. The van der Waals surface area contributed by atoms with Crippen LogP contribution in [0.5, 0.6) is 0 Å². The number of carbonyl (C=O) groups is 3. The van der Waals surface area contributed by atoms with Crippen LogP contribution < -0.4 is 10.6 Å². The summed E-state index contributed by atoms with van der Waals surface area (Å²) >= 11 is 0. The number of amides is 1. The Morgan fingerprint density at radius 2 is 1.63 bits per heavy atom. The Hall–Kier alpha value is -4.41. The van der Waals surface area contributed by atoms with Crippen LogP contribution in [0, 0.1) is 0 Å². The highest BCUT2D eigenvalue weighted by atomic mass is 19.4. The molecule has 1 amide bonds. The summed E-state index contributed by atoms with van der Waals surface area (Å²) < 4.78 is 48.9. The van der Waals surface area contributed by atoms with E-state index in [2.05, 4.69) is 15.6 Å². The van der Waals surface area contributed by atoms with Gasteiger partial charge in [-0.15, -0.1) is 0 Å². The number of carbonyl (C=O) groups excluding carboxylic acids is 3. The van der Waals surface area contributed by atoms with E-state index in [1.165, 1.54) is 42.6 Å². The first-order valence-corrected chi connectivity index (χ1v) is 10.3. The molecular weight excluding hydrogens is 467 g/mol. The first-order valence-electron chi connectivity index (χ1n) is 10.3. The van der Waals surface area contributed by atoms with Gasteiger partial charge in [0, 0.05) is 11.9 Å². The van der Waals surface area contributed by atoms with Crippen LogP contribution in [0.2, 0.25) is 0 Å². The summed E-state index contributed by atoms with van der Waals surface area (Å²) in [6.45, 7) is 1.11. The Bertz CT molecular complexity index is 1230. The molecule has 2 N–H and O–H groups in total. The molecule has 0 saturated carbocycles. The highest BCUT2D eigenvalue weighted by Gasteiger charge is 2.30. The van der Waals surface area contributed by atoms with Crippen molar-refractivity contribution in [3.05, 3.63) is 83.6 Å². The number of esters is 2. The smallest absolute Gasteiger partial charge is 0.416 e. The van der Waals surface area contributed by atoms with E-state index in [0.717, 1.165) is 12.1 Å². The second-order valence-corrected chi connectivity index (χ2v) is 6.99. The molecule has 8 nitrogen and oxygen atoms in total. The molecule has 0 aliphatic heterocycles. The summed E-state index contributed by atoms with van der Waals surface area (Å²) in [7, 11) is 0. The number of hydrogen-bond donors (Lipinski definition) is 2. The summed E-state index contributed by atoms with van der Waals surface area (Å²) in [6.07, 6.45) is -3.20. The lowest BCUT2D eigenvalue weighted by Crippen LogP contribution is -2.22.